The van der Waals surface area contributed by atoms with Gasteiger partial charge in [-0.2, -0.15) is 0 Å². The van der Waals surface area contributed by atoms with Crippen LogP contribution in [-0.4, -0.2) is 23.0 Å². The van der Waals surface area contributed by atoms with Crippen LogP contribution in [0.15, 0.2) is 24.3 Å². The van der Waals surface area contributed by atoms with E-state index in [-0.39, 0.29) is 18.2 Å². The highest BCUT2D eigenvalue weighted by Crippen LogP contribution is 2.45. The van der Waals surface area contributed by atoms with E-state index in [2.05, 4.69) is 0 Å². The summed E-state index contributed by atoms with van der Waals surface area (Å²) in [6.45, 7) is 0. The van der Waals surface area contributed by atoms with Crippen LogP contribution in [0.25, 0.3) is 0 Å². The van der Waals surface area contributed by atoms with Crippen LogP contribution in [0.1, 0.15) is 18.4 Å². The van der Waals surface area contributed by atoms with Gasteiger partial charge >= 0.3 is 5.97 Å². The van der Waals surface area contributed by atoms with Crippen molar-refractivity contribution in [2.45, 2.75) is 25.3 Å². The highest BCUT2D eigenvalue weighted by Gasteiger charge is 2.50. The van der Waals surface area contributed by atoms with Crippen LogP contribution in [0.5, 0.6) is 0 Å². The van der Waals surface area contributed by atoms with Crippen molar-refractivity contribution in [3.63, 3.8) is 0 Å². The van der Waals surface area contributed by atoms with Crippen LogP contribution < -0.4 is 4.90 Å². The van der Waals surface area contributed by atoms with E-state index in [0.717, 1.165) is 24.1 Å². The van der Waals surface area contributed by atoms with Crippen molar-refractivity contribution in [1.29, 1.82) is 0 Å². The summed E-state index contributed by atoms with van der Waals surface area (Å²) in [6.07, 6.45) is 1.83. The van der Waals surface area contributed by atoms with Crippen LogP contribution in [0.3, 0.4) is 0 Å². The Bertz CT molecular complexity index is 491. The molecule has 4 nitrogen and oxygen atoms in total. The molecule has 2 heterocycles. The van der Waals surface area contributed by atoms with Crippen molar-refractivity contribution in [1.82, 2.24) is 0 Å². The number of carboxylic acid groups (broad SMARTS) is 1. The number of hydrogen-bond acceptors (Lipinski definition) is 2. The number of carbonyl (C=O) groups is 2. The lowest BCUT2D eigenvalue weighted by Gasteiger charge is -2.26. The van der Waals surface area contributed by atoms with Crippen LogP contribution >= 0.6 is 0 Å². The molecule has 3 fully saturated rings. The molecule has 17 heavy (non-hydrogen) atoms. The number of aliphatic carboxylic acids is 1. The predicted molar refractivity (Wildman–Crippen MR) is 61.8 cm³/mol. The fourth-order valence-corrected chi connectivity index (χ4v) is 2.75. The molecule has 0 aromatic heterocycles. The zero-order valence-corrected chi connectivity index (χ0v) is 9.30. The number of benzene rings is 1. The number of fused-ring (bicyclic) bond motifs is 1. The number of para-hydroxylation sites is 1. The molecular weight excluding hydrogens is 218 g/mol. The molecule has 2 saturated heterocycles. The molecule has 1 aromatic carbocycles. The van der Waals surface area contributed by atoms with Crippen molar-refractivity contribution in [3.8, 4) is 0 Å². The Kier molecular flexibility index (Phi) is 2.18. The first-order chi connectivity index (χ1) is 8.16. The molecule has 0 spiro atoms. The summed E-state index contributed by atoms with van der Waals surface area (Å²) in [5.41, 5.74) is 1.51. The summed E-state index contributed by atoms with van der Waals surface area (Å²) in [6, 6.07) is 7.59. The fraction of sp³-hybridized carbons (Fsp3) is 0.385. The fourth-order valence-electron chi connectivity index (χ4n) is 2.75. The highest BCUT2D eigenvalue weighted by molar-refractivity contribution is 6.01. The molecule has 2 aliphatic heterocycles. The van der Waals surface area contributed by atoms with Gasteiger partial charge in [-0.3, -0.25) is 9.59 Å². The Morgan fingerprint density at radius 1 is 1.35 bits per heavy atom. The third kappa shape index (κ3) is 1.52. The van der Waals surface area contributed by atoms with E-state index in [0.29, 0.717) is 6.04 Å². The topological polar surface area (TPSA) is 57.6 Å². The molecule has 0 radical (unpaired) electrons. The second-order valence-electron chi connectivity index (χ2n) is 4.73. The first-order valence-corrected chi connectivity index (χ1v) is 5.79. The molecular formula is C13H13NO3. The summed E-state index contributed by atoms with van der Waals surface area (Å²) in [5, 5.41) is 8.87. The van der Waals surface area contributed by atoms with Gasteiger partial charge < -0.3 is 10.0 Å². The Morgan fingerprint density at radius 3 is 2.65 bits per heavy atom. The zero-order chi connectivity index (χ0) is 12.0. The summed E-state index contributed by atoms with van der Waals surface area (Å²) < 4.78 is 0. The van der Waals surface area contributed by atoms with Gasteiger partial charge in [0.25, 0.3) is 0 Å². The van der Waals surface area contributed by atoms with Gasteiger partial charge in [0.1, 0.15) is 0 Å². The van der Waals surface area contributed by atoms with Crippen molar-refractivity contribution in [3.05, 3.63) is 29.8 Å². The van der Waals surface area contributed by atoms with Crippen LogP contribution in [0, 0.1) is 5.92 Å². The van der Waals surface area contributed by atoms with Gasteiger partial charge in [-0.15, -0.1) is 0 Å². The third-order valence-corrected chi connectivity index (χ3v) is 3.66. The Hall–Kier alpha value is -1.84. The van der Waals surface area contributed by atoms with E-state index >= 15 is 0 Å². The second kappa shape index (κ2) is 3.58. The number of carbonyl (C=O) groups excluding carboxylic acids is 1. The van der Waals surface area contributed by atoms with E-state index in [1.807, 2.05) is 18.2 Å². The third-order valence-electron chi connectivity index (χ3n) is 3.66. The minimum absolute atomic E-state index is 0.0304. The van der Waals surface area contributed by atoms with Crippen molar-refractivity contribution in [2.75, 3.05) is 4.90 Å². The van der Waals surface area contributed by atoms with Gasteiger partial charge in [-0.1, -0.05) is 18.2 Å². The average molecular weight is 231 g/mol. The lowest BCUT2D eigenvalue weighted by Crippen LogP contribution is -2.30. The molecule has 1 aliphatic carbocycles. The predicted octanol–water partition coefficient (Wildman–Crippen LogP) is 1.44. The van der Waals surface area contributed by atoms with Crippen LogP contribution in [0.4, 0.5) is 5.69 Å². The average Bonchev–Trinajstić information content (AvgIpc) is 2.68. The Balaban J connectivity index is 1.97. The number of anilines is 1. The SMILES string of the molecule is O=C(O)Cc1ccccc1N1C(=O)C2CC1C2. The lowest BCUT2D eigenvalue weighted by atomic mass is 9.86. The molecule has 1 amide bonds. The first kappa shape index (κ1) is 10.3. The van der Waals surface area contributed by atoms with Gasteiger partial charge in [-0.05, 0) is 24.5 Å². The molecule has 3 aliphatic rings. The van der Waals surface area contributed by atoms with Crippen molar-refractivity contribution < 1.29 is 14.7 Å². The highest BCUT2D eigenvalue weighted by atomic mass is 16.4. The minimum Gasteiger partial charge on any atom is -0.481 e. The van der Waals surface area contributed by atoms with Crippen molar-refractivity contribution in [2.24, 2.45) is 5.92 Å². The molecule has 1 N–H and O–H groups in total. The number of carboxylic acids is 1. The van der Waals surface area contributed by atoms with Gasteiger partial charge in [-0.25, -0.2) is 0 Å². The minimum atomic E-state index is -0.864. The van der Waals surface area contributed by atoms with E-state index < -0.39 is 5.97 Å². The molecule has 2 bridgehead atoms. The molecule has 88 valence electrons. The number of amides is 1. The number of rotatable bonds is 3. The number of hydrogen-bond donors (Lipinski definition) is 1. The Morgan fingerprint density at radius 2 is 2.06 bits per heavy atom. The lowest BCUT2D eigenvalue weighted by molar-refractivity contribution is -0.136. The van der Waals surface area contributed by atoms with Gasteiger partial charge in [0.15, 0.2) is 0 Å². The molecule has 1 aromatic rings. The summed E-state index contributed by atoms with van der Waals surface area (Å²) in [5.74, 6) is -0.526. The smallest absolute Gasteiger partial charge is 0.307 e. The summed E-state index contributed by atoms with van der Waals surface area (Å²) >= 11 is 0. The van der Waals surface area contributed by atoms with E-state index in [4.69, 9.17) is 5.11 Å². The van der Waals surface area contributed by atoms with E-state index in [9.17, 15) is 9.59 Å². The molecule has 0 unspecified atom stereocenters. The van der Waals surface area contributed by atoms with Crippen LogP contribution in [-0.2, 0) is 16.0 Å². The van der Waals surface area contributed by atoms with Crippen LogP contribution in [0.2, 0.25) is 0 Å². The maximum Gasteiger partial charge on any atom is 0.307 e. The maximum absolute atomic E-state index is 12.0. The van der Waals surface area contributed by atoms with Gasteiger partial charge in [0.2, 0.25) is 5.91 Å². The molecule has 0 atom stereocenters. The summed E-state index contributed by atoms with van der Waals surface area (Å²) in [7, 11) is 0. The molecule has 1 saturated carbocycles. The molecule has 4 rings (SSSR count). The van der Waals surface area contributed by atoms with Crippen molar-refractivity contribution >= 4 is 17.6 Å². The maximum atomic E-state index is 12.0. The quantitative estimate of drug-likeness (QED) is 0.856. The second-order valence-corrected chi connectivity index (χ2v) is 4.73. The standard InChI is InChI=1S/C13H13NO3/c15-12(16)7-8-3-1-2-4-11(8)14-10-5-9(6-10)13(14)17/h1-4,9-10H,5-7H2,(H,15,16). The normalized spacial score (nSPS) is 25.9. The number of nitrogens with zero attached hydrogens (tertiary/aromatic N) is 1. The zero-order valence-electron chi connectivity index (χ0n) is 9.30. The van der Waals surface area contributed by atoms with E-state index in [1.54, 1.807) is 11.0 Å². The van der Waals surface area contributed by atoms with E-state index in [1.165, 1.54) is 0 Å². The first-order valence-electron chi connectivity index (χ1n) is 5.79. The Labute approximate surface area is 98.9 Å². The molecule has 4 heteroatoms. The monoisotopic (exact) mass is 231 g/mol. The largest absolute Gasteiger partial charge is 0.481 e. The van der Waals surface area contributed by atoms with Gasteiger partial charge in [0.05, 0.1) is 6.42 Å². The summed E-state index contributed by atoms with van der Waals surface area (Å²) in [4.78, 5) is 24.6. The van der Waals surface area contributed by atoms with Gasteiger partial charge in [0, 0.05) is 17.6 Å².